The minimum Gasteiger partial charge on any atom is -0.373 e. The number of hydrogen-bond donors (Lipinski definition) is 3. The zero-order valence-corrected chi connectivity index (χ0v) is 17.9. The molecule has 3 heterocycles. The van der Waals surface area contributed by atoms with Gasteiger partial charge in [0.1, 0.15) is 11.5 Å². The van der Waals surface area contributed by atoms with Gasteiger partial charge < -0.3 is 25.8 Å². The lowest BCUT2D eigenvalue weighted by molar-refractivity contribution is -0.125. The summed E-state index contributed by atoms with van der Waals surface area (Å²) in [5.74, 6) is 1.37. The molecule has 0 unspecified atom stereocenters. The van der Waals surface area contributed by atoms with Gasteiger partial charge >= 0.3 is 0 Å². The van der Waals surface area contributed by atoms with Crippen LogP contribution >= 0.6 is 0 Å². The summed E-state index contributed by atoms with van der Waals surface area (Å²) in [5.41, 5.74) is 7.97. The Balaban J connectivity index is 1.61. The predicted octanol–water partition coefficient (Wildman–Crippen LogP) is 1.81. The van der Waals surface area contributed by atoms with Gasteiger partial charge in [0.15, 0.2) is 0 Å². The molecule has 8 heteroatoms. The van der Waals surface area contributed by atoms with Crippen LogP contribution in [-0.2, 0) is 4.79 Å². The van der Waals surface area contributed by atoms with Gasteiger partial charge in [-0.25, -0.2) is 4.98 Å². The number of nitrogens with zero attached hydrogens (tertiary/aromatic N) is 3. The number of carbonyl (C=O) groups excluding carboxylic acids is 1. The van der Waals surface area contributed by atoms with E-state index in [2.05, 4.69) is 20.2 Å². The molecule has 0 aromatic carbocycles. The third kappa shape index (κ3) is 4.96. The van der Waals surface area contributed by atoms with Crippen LogP contribution in [0.15, 0.2) is 47.5 Å². The molecular formula is C23H30N6O2. The molecule has 1 saturated carbocycles. The third-order valence-electron chi connectivity index (χ3n) is 6.01. The van der Waals surface area contributed by atoms with E-state index in [9.17, 15) is 9.59 Å². The molecule has 2 aromatic rings. The minimum absolute atomic E-state index is 0.0154. The van der Waals surface area contributed by atoms with Crippen molar-refractivity contribution in [1.82, 2.24) is 14.9 Å². The number of amides is 1. The van der Waals surface area contributed by atoms with Crippen LogP contribution < -0.4 is 21.5 Å². The van der Waals surface area contributed by atoms with Crippen LogP contribution in [0.3, 0.4) is 0 Å². The summed E-state index contributed by atoms with van der Waals surface area (Å²) in [6, 6.07) is 5.98. The molecule has 2 aliphatic rings. The predicted molar refractivity (Wildman–Crippen MR) is 123 cm³/mol. The second kappa shape index (κ2) is 9.34. The van der Waals surface area contributed by atoms with E-state index in [1.54, 1.807) is 24.5 Å². The summed E-state index contributed by atoms with van der Waals surface area (Å²) >= 11 is 0. The lowest BCUT2D eigenvalue weighted by Crippen LogP contribution is -2.42. The fraction of sp³-hybridized carbons (Fsp3) is 0.435. The summed E-state index contributed by atoms with van der Waals surface area (Å²) in [7, 11) is 1.83. The Kier molecular flexibility index (Phi) is 6.36. The molecule has 4 N–H and O–H groups in total. The van der Waals surface area contributed by atoms with Gasteiger partial charge in [0.25, 0.3) is 5.56 Å². The van der Waals surface area contributed by atoms with Gasteiger partial charge in [-0.2, -0.15) is 0 Å². The largest absolute Gasteiger partial charge is 0.373 e. The van der Waals surface area contributed by atoms with Crippen molar-refractivity contribution in [2.24, 2.45) is 11.7 Å². The van der Waals surface area contributed by atoms with Crippen molar-refractivity contribution < 1.29 is 4.79 Å². The second-order valence-electron chi connectivity index (χ2n) is 8.24. The van der Waals surface area contributed by atoms with Crippen LogP contribution in [0.4, 0.5) is 11.5 Å². The van der Waals surface area contributed by atoms with Crippen molar-refractivity contribution in [3.63, 3.8) is 0 Å². The van der Waals surface area contributed by atoms with Crippen LogP contribution in [0.2, 0.25) is 0 Å². The highest BCUT2D eigenvalue weighted by Gasteiger charge is 2.34. The van der Waals surface area contributed by atoms with E-state index in [1.165, 1.54) is 12.8 Å². The first-order chi connectivity index (χ1) is 15.1. The number of H-pyrrole nitrogens is 1. The van der Waals surface area contributed by atoms with Crippen molar-refractivity contribution in [3.8, 4) is 11.1 Å². The smallest absolute Gasteiger partial charge is 0.271 e. The number of aromatic amines is 1. The molecule has 31 heavy (non-hydrogen) atoms. The summed E-state index contributed by atoms with van der Waals surface area (Å²) < 4.78 is 0. The molecule has 1 aliphatic carbocycles. The Morgan fingerprint density at radius 2 is 2.19 bits per heavy atom. The number of pyridine rings is 2. The van der Waals surface area contributed by atoms with Gasteiger partial charge in [-0.3, -0.25) is 9.59 Å². The van der Waals surface area contributed by atoms with Gasteiger partial charge in [-0.05, 0) is 48.9 Å². The number of anilines is 2. The molecule has 8 nitrogen and oxygen atoms in total. The molecule has 1 saturated heterocycles. The number of likely N-dealkylation sites (tertiary alicyclic amines) is 1. The maximum absolute atomic E-state index is 12.9. The van der Waals surface area contributed by atoms with Crippen molar-refractivity contribution in [3.05, 3.63) is 53.1 Å². The number of hydrogen-bond acceptors (Lipinski definition) is 6. The van der Waals surface area contributed by atoms with E-state index >= 15 is 0 Å². The molecule has 2 aromatic heterocycles. The molecule has 2 fully saturated rings. The van der Waals surface area contributed by atoms with Crippen LogP contribution in [0.5, 0.6) is 0 Å². The Labute approximate surface area is 182 Å². The van der Waals surface area contributed by atoms with Crippen molar-refractivity contribution in [1.29, 1.82) is 0 Å². The Morgan fingerprint density at radius 1 is 1.35 bits per heavy atom. The standard InChI is InChI=1S/C23H30N6O2/c1-25-21-12-17(6-9-26-21)18-11-20(23(31)27-13-18)29(14-16-4-5-16)19-7-10-28(15-19)22(30)3-2-8-24/h2-3,6,9,11-13,16,19H,4-5,7-8,10,14-15,24H2,1H3,(H,25,26)(H,27,31)/b3-2+/t19-/m1/s1. The average molecular weight is 423 g/mol. The SMILES string of the molecule is CNc1cc(-c2c[nH]c(=O)c(N(CC3CC3)[C@@H]3CCN(C(=O)/C=C/CN)C3)c2)ccn1. The molecule has 0 spiro atoms. The van der Waals surface area contributed by atoms with E-state index in [0.29, 0.717) is 31.2 Å². The van der Waals surface area contributed by atoms with E-state index < -0.39 is 0 Å². The maximum atomic E-state index is 12.9. The first-order valence-electron chi connectivity index (χ1n) is 10.9. The Hall–Kier alpha value is -3.13. The lowest BCUT2D eigenvalue weighted by atomic mass is 10.1. The molecule has 164 valence electrons. The van der Waals surface area contributed by atoms with E-state index in [1.807, 2.05) is 30.1 Å². The summed E-state index contributed by atoms with van der Waals surface area (Å²) in [6.45, 7) is 2.50. The maximum Gasteiger partial charge on any atom is 0.271 e. The quantitative estimate of drug-likeness (QED) is 0.560. The highest BCUT2D eigenvalue weighted by molar-refractivity contribution is 5.88. The zero-order chi connectivity index (χ0) is 21.8. The molecule has 0 radical (unpaired) electrons. The Bertz CT molecular complexity index is 1010. The van der Waals surface area contributed by atoms with E-state index in [-0.39, 0.29) is 17.5 Å². The van der Waals surface area contributed by atoms with Gasteiger partial charge in [-0.15, -0.1) is 0 Å². The first-order valence-corrected chi connectivity index (χ1v) is 10.9. The molecular weight excluding hydrogens is 392 g/mol. The molecule has 1 aliphatic heterocycles. The van der Waals surface area contributed by atoms with Crippen LogP contribution in [0.25, 0.3) is 11.1 Å². The third-order valence-corrected chi connectivity index (χ3v) is 6.01. The van der Waals surface area contributed by atoms with Gasteiger partial charge in [0, 0.05) is 63.3 Å². The van der Waals surface area contributed by atoms with Crippen LogP contribution in [0.1, 0.15) is 19.3 Å². The van der Waals surface area contributed by atoms with E-state index in [0.717, 1.165) is 29.9 Å². The number of nitrogens with one attached hydrogen (secondary N) is 2. The van der Waals surface area contributed by atoms with Crippen LogP contribution in [0, 0.1) is 5.92 Å². The van der Waals surface area contributed by atoms with E-state index in [4.69, 9.17) is 5.73 Å². The summed E-state index contributed by atoms with van der Waals surface area (Å²) in [6.07, 6.45) is 9.96. The van der Waals surface area contributed by atoms with Gasteiger partial charge in [0.05, 0.1) is 0 Å². The number of nitrogens with two attached hydrogens (primary N) is 1. The average Bonchev–Trinajstić information content (AvgIpc) is 3.49. The number of carbonyl (C=O) groups is 1. The van der Waals surface area contributed by atoms with Crippen molar-refractivity contribution >= 4 is 17.4 Å². The summed E-state index contributed by atoms with van der Waals surface area (Å²) in [4.78, 5) is 36.5. The van der Waals surface area contributed by atoms with Crippen molar-refractivity contribution in [2.75, 3.05) is 43.4 Å². The second-order valence-corrected chi connectivity index (χ2v) is 8.24. The fourth-order valence-corrected chi connectivity index (χ4v) is 4.09. The number of rotatable bonds is 8. The van der Waals surface area contributed by atoms with Crippen LogP contribution in [-0.4, -0.2) is 60.0 Å². The topological polar surface area (TPSA) is 107 Å². The molecule has 1 atom stereocenters. The summed E-state index contributed by atoms with van der Waals surface area (Å²) in [5, 5.41) is 3.05. The van der Waals surface area contributed by atoms with Gasteiger partial charge in [-0.1, -0.05) is 6.08 Å². The highest BCUT2D eigenvalue weighted by atomic mass is 16.2. The van der Waals surface area contributed by atoms with Gasteiger partial charge in [0.2, 0.25) is 5.91 Å². The fourth-order valence-electron chi connectivity index (χ4n) is 4.09. The normalized spacial score (nSPS) is 18.5. The first kappa shape index (κ1) is 21.1. The minimum atomic E-state index is -0.0971. The highest BCUT2D eigenvalue weighted by Crippen LogP contribution is 2.34. The molecule has 4 rings (SSSR count). The monoisotopic (exact) mass is 422 g/mol. The van der Waals surface area contributed by atoms with Crippen molar-refractivity contribution in [2.45, 2.75) is 25.3 Å². The molecule has 0 bridgehead atoms. The lowest BCUT2D eigenvalue weighted by Gasteiger charge is -2.31. The molecule has 1 amide bonds. The Morgan fingerprint density at radius 3 is 2.94 bits per heavy atom. The zero-order valence-electron chi connectivity index (χ0n) is 17.9. The number of aromatic nitrogens is 2.